The monoisotopic (exact) mass is 321 g/mol. The van der Waals surface area contributed by atoms with Crippen molar-refractivity contribution < 1.29 is 23.1 Å². The zero-order chi connectivity index (χ0) is 16.0. The molecule has 116 valence electrons. The molecule has 1 aromatic rings. The van der Waals surface area contributed by atoms with Crippen LogP contribution in [0.15, 0.2) is 30.3 Å². The molecule has 0 aromatic heterocycles. The second-order valence-electron chi connectivity index (χ2n) is 4.36. The molecule has 1 amide bonds. The molecule has 0 heterocycles. The third kappa shape index (κ3) is 5.40. The van der Waals surface area contributed by atoms with E-state index < -0.39 is 23.7 Å². The summed E-state index contributed by atoms with van der Waals surface area (Å²) in [7, 11) is 0. The molecule has 1 rings (SSSR count). The molecule has 0 aliphatic heterocycles. The van der Waals surface area contributed by atoms with Crippen LogP contribution in [0.1, 0.15) is 18.9 Å². The lowest BCUT2D eigenvalue weighted by molar-refractivity contribution is -0.118. The van der Waals surface area contributed by atoms with E-state index >= 15 is 0 Å². The summed E-state index contributed by atoms with van der Waals surface area (Å²) in [6.07, 6.45) is -3.77. The first-order chi connectivity index (χ1) is 9.77. The maximum atomic E-state index is 13.0. The summed E-state index contributed by atoms with van der Waals surface area (Å²) < 4.78 is 39.1. The lowest BCUT2D eigenvalue weighted by Crippen LogP contribution is -2.36. The number of hydrogen-bond donors (Lipinski definition) is 2. The summed E-state index contributed by atoms with van der Waals surface area (Å²) in [4.78, 5) is 11.6. The molecule has 0 aliphatic carbocycles. The third-order valence-corrected chi connectivity index (χ3v) is 3.05. The standard InChI is InChI=1S/C14H15ClF3NO2/c1-2-11(8-20)19-13(21)7-12(14(16,17)18)9-3-5-10(15)6-4-9/h3-7,11,20H,2,8H2,1H3,(H,19,21)/b12-7-. The van der Waals surface area contributed by atoms with Crippen LogP contribution in [-0.4, -0.2) is 29.8 Å². The zero-order valence-corrected chi connectivity index (χ0v) is 12.0. The molecule has 1 unspecified atom stereocenters. The Labute approximate surface area is 125 Å². The highest BCUT2D eigenvalue weighted by molar-refractivity contribution is 6.30. The van der Waals surface area contributed by atoms with Gasteiger partial charge in [0.15, 0.2) is 0 Å². The van der Waals surface area contributed by atoms with Crippen LogP contribution in [0.25, 0.3) is 5.57 Å². The molecule has 0 aliphatic rings. The van der Waals surface area contributed by atoms with Gasteiger partial charge in [-0.1, -0.05) is 30.7 Å². The number of amides is 1. The van der Waals surface area contributed by atoms with Gasteiger partial charge < -0.3 is 10.4 Å². The summed E-state index contributed by atoms with van der Waals surface area (Å²) in [6.45, 7) is 1.37. The van der Waals surface area contributed by atoms with E-state index in [0.717, 1.165) is 0 Å². The van der Waals surface area contributed by atoms with E-state index in [1.165, 1.54) is 24.3 Å². The fourth-order valence-corrected chi connectivity index (χ4v) is 1.74. The van der Waals surface area contributed by atoms with Crippen molar-refractivity contribution in [3.63, 3.8) is 0 Å². The number of halogens is 4. The summed E-state index contributed by atoms with van der Waals surface area (Å²) in [5.41, 5.74) is -1.22. The van der Waals surface area contributed by atoms with Gasteiger partial charge in [-0.3, -0.25) is 4.79 Å². The number of aliphatic hydroxyl groups is 1. The lowest BCUT2D eigenvalue weighted by Gasteiger charge is -2.15. The van der Waals surface area contributed by atoms with Gasteiger partial charge in [0.1, 0.15) is 0 Å². The average Bonchev–Trinajstić information content (AvgIpc) is 2.42. The number of carbonyl (C=O) groups is 1. The number of nitrogens with one attached hydrogen (secondary N) is 1. The third-order valence-electron chi connectivity index (χ3n) is 2.80. The van der Waals surface area contributed by atoms with Crippen LogP contribution < -0.4 is 5.32 Å². The van der Waals surface area contributed by atoms with Crippen LogP contribution in [0.3, 0.4) is 0 Å². The van der Waals surface area contributed by atoms with Crippen LogP contribution in [0.4, 0.5) is 13.2 Å². The van der Waals surface area contributed by atoms with E-state index in [0.29, 0.717) is 17.5 Å². The van der Waals surface area contributed by atoms with E-state index in [4.69, 9.17) is 16.7 Å². The average molecular weight is 322 g/mol. The van der Waals surface area contributed by atoms with Crippen molar-refractivity contribution in [1.82, 2.24) is 5.32 Å². The van der Waals surface area contributed by atoms with Crippen molar-refractivity contribution in [3.05, 3.63) is 40.9 Å². The molecular formula is C14H15ClF3NO2. The van der Waals surface area contributed by atoms with Crippen molar-refractivity contribution >= 4 is 23.1 Å². The number of benzene rings is 1. The van der Waals surface area contributed by atoms with Gasteiger partial charge in [-0.2, -0.15) is 13.2 Å². The van der Waals surface area contributed by atoms with Gasteiger partial charge in [0.05, 0.1) is 18.2 Å². The van der Waals surface area contributed by atoms with Crippen molar-refractivity contribution in [3.8, 4) is 0 Å². The topological polar surface area (TPSA) is 49.3 Å². The normalized spacial score (nSPS) is 13.9. The first-order valence-corrected chi connectivity index (χ1v) is 6.62. The summed E-state index contributed by atoms with van der Waals surface area (Å²) >= 11 is 5.64. The number of hydrogen-bond acceptors (Lipinski definition) is 2. The Hall–Kier alpha value is -1.53. The molecular weight excluding hydrogens is 307 g/mol. The van der Waals surface area contributed by atoms with Crippen molar-refractivity contribution in [2.75, 3.05) is 6.61 Å². The molecule has 7 heteroatoms. The number of aliphatic hydroxyl groups excluding tert-OH is 1. The minimum absolute atomic E-state index is 0.154. The van der Waals surface area contributed by atoms with Gasteiger partial charge >= 0.3 is 6.18 Å². The predicted octanol–water partition coefficient (Wildman–Crippen LogP) is 3.17. The first-order valence-electron chi connectivity index (χ1n) is 6.24. The summed E-state index contributed by atoms with van der Waals surface area (Å²) in [5.74, 6) is -0.904. The maximum absolute atomic E-state index is 13.0. The largest absolute Gasteiger partial charge is 0.417 e. The molecule has 21 heavy (non-hydrogen) atoms. The van der Waals surface area contributed by atoms with Crippen LogP contribution in [0.5, 0.6) is 0 Å². The highest BCUT2D eigenvalue weighted by Gasteiger charge is 2.35. The van der Waals surface area contributed by atoms with E-state index in [1.807, 2.05) is 0 Å². The van der Waals surface area contributed by atoms with E-state index in [-0.39, 0.29) is 12.2 Å². The molecule has 0 bridgehead atoms. The fourth-order valence-electron chi connectivity index (χ4n) is 1.61. The maximum Gasteiger partial charge on any atom is 0.417 e. The number of alkyl halides is 3. The van der Waals surface area contributed by atoms with Gasteiger partial charge in [-0.05, 0) is 24.1 Å². The van der Waals surface area contributed by atoms with Crippen LogP contribution >= 0.6 is 11.6 Å². The fraction of sp³-hybridized carbons (Fsp3) is 0.357. The van der Waals surface area contributed by atoms with Crippen LogP contribution in [0.2, 0.25) is 5.02 Å². The van der Waals surface area contributed by atoms with Gasteiger partial charge in [-0.25, -0.2) is 0 Å². The molecule has 3 nitrogen and oxygen atoms in total. The second kappa shape index (κ2) is 7.47. The van der Waals surface area contributed by atoms with Gasteiger partial charge in [-0.15, -0.1) is 0 Å². The van der Waals surface area contributed by atoms with Crippen molar-refractivity contribution in [2.24, 2.45) is 0 Å². The molecule has 0 fully saturated rings. The molecule has 1 aromatic carbocycles. The summed E-state index contributed by atoms with van der Waals surface area (Å²) in [5, 5.41) is 11.6. The Bertz CT molecular complexity index is 508. The Morgan fingerprint density at radius 1 is 1.38 bits per heavy atom. The smallest absolute Gasteiger partial charge is 0.394 e. The van der Waals surface area contributed by atoms with Gasteiger partial charge in [0.25, 0.3) is 0 Å². The quantitative estimate of drug-likeness (QED) is 0.818. The Morgan fingerprint density at radius 3 is 2.38 bits per heavy atom. The van der Waals surface area contributed by atoms with Gasteiger partial charge in [0, 0.05) is 11.1 Å². The molecule has 2 N–H and O–H groups in total. The Balaban J connectivity index is 3.06. The van der Waals surface area contributed by atoms with E-state index in [2.05, 4.69) is 5.32 Å². The SMILES string of the molecule is CCC(CO)NC(=O)/C=C(/c1ccc(Cl)cc1)C(F)(F)F. The number of allylic oxidation sites excluding steroid dienone is 1. The van der Waals surface area contributed by atoms with E-state index in [1.54, 1.807) is 6.92 Å². The molecule has 0 spiro atoms. The van der Waals surface area contributed by atoms with Crippen LogP contribution in [-0.2, 0) is 4.79 Å². The minimum Gasteiger partial charge on any atom is -0.394 e. The minimum atomic E-state index is -4.67. The number of carbonyl (C=O) groups excluding carboxylic acids is 1. The lowest BCUT2D eigenvalue weighted by atomic mass is 10.0. The predicted molar refractivity (Wildman–Crippen MR) is 74.8 cm³/mol. The first kappa shape index (κ1) is 17.5. The van der Waals surface area contributed by atoms with Crippen molar-refractivity contribution in [2.45, 2.75) is 25.6 Å². The molecule has 0 radical (unpaired) electrons. The van der Waals surface area contributed by atoms with E-state index in [9.17, 15) is 18.0 Å². The Kier molecular flexibility index (Phi) is 6.23. The highest BCUT2D eigenvalue weighted by atomic mass is 35.5. The molecule has 0 saturated heterocycles. The van der Waals surface area contributed by atoms with Crippen molar-refractivity contribution in [1.29, 1.82) is 0 Å². The molecule has 1 atom stereocenters. The second-order valence-corrected chi connectivity index (χ2v) is 4.80. The Morgan fingerprint density at radius 2 is 1.95 bits per heavy atom. The summed E-state index contributed by atoms with van der Waals surface area (Å²) in [6, 6.07) is 4.44. The zero-order valence-electron chi connectivity index (χ0n) is 11.2. The van der Waals surface area contributed by atoms with Crippen LogP contribution in [0, 0.1) is 0 Å². The number of rotatable bonds is 5. The molecule has 0 saturated carbocycles. The highest BCUT2D eigenvalue weighted by Crippen LogP contribution is 2.34. The van der Waals surface area contributed by atoms with Gasteiger partial charge in [0.2, 0.25) is 5.91 Å².